The number of ether oxygens (including phenoxy) is 2. The summed E-state index contributed by atoms with van der Waals surface area (Å²) >= 11 is 5.81. The van der Waals surface area contributed by atoms with Crippen molar-refractivity contribution < 1.29 is 9.47 Å². The SMILES string of the molecule is COc1nccc2[nH]c(/N=C(\N)OC(=N)c3ccc(Cl)cc3)nc12. The quantitative estimate of drug-likeness (QED) is 0.498. The van der Waals surface area contributed by atoms with E-state index < -0.39 is 0 Å². The summed E-state index contributed by atoms with van der Waals surface area (Å²) < 4.78 is 10.3. The monoisotopic (exact) mass is 344 g/mol. The predicted molar refractivity (Wildman–Crippen MR) is 91.1 cm³/mol. The molecule has 0 aliphatic carbocycles. The Labute approximate surface area is 141 Å². The lowest BCUT2D eigenvalue weighted by Crippen LogP contribution is -2.20. The predicted octanol–water partition coefficient (Wildman–Crippen LogP) is 2.61. The number of methoxy groups -OCH3 is 1. The van der Waals surface area contributed by atoms with Gasteiger partial charge in [-0.3, -0.25) is 5.41 Å². The number of hydrogen-bond acceptors (Lipinski definition) is 6. The van der Waals surface area contributed by atoms with E-state index in [0.717, 1.165) is 0 Å². The number of halogens is 1. The second-order valence-corrected chi connectivity index (χ2v) is 5.10. The number of aliphatic imine (C=N–C) groups is 1. The Hall–Kier alpha value is -3.13. The van der Waals surface area contributed by atoms with Crippen molar-refractivity contribution in [2.24, 2.45) is 10.7 Å². The van der Waals surface area contributed by atoms with E-state index >= 15 is 0 Å². The van der Waals surface area contributed by atoms with Gasteiger partial charge in [-0.05, 0) is 30.3 Å². The van der Waals surface area contributed by atoms with Gasteiger partial charge in [0.25, 0.3) is 6.02 Å². The van der Waals surface area contributed by atoms with Gasteiger partial charge in [0.15, 0.2) is 5.52 Å². The Balaban J connectivity index is 1.80. The van der Waals surface area contributed by atoms with Crippen molar-refractivity contribution >= 4 is 40.5 Å². The summed E-state index contributed by atoms with van der Waals surface area (Å²) in [6.07, 6.45) is 1.59. The number of pyridine rings is 1. The molecule has 2 aromatic heterocycles. The zero-order valence-electron chi connectivity index (χ0n) is 12.6. The fraction of sp³-hybridized carbons (Fsp3) is 0.0667. The number of imidazole rings is 1. The average molecular weight is 345 g/mol. The van der Waals surface area contributed by atoms with Crippen LogP contribution in [0.3, 0.4) is 0 Å². The van der Waals surface area contributed by atoms with Gasteiger partial charge in [0, 0.05) is 16.8 Å². The topological polar surface area (TPSA) is 122 Å². The normalized spacial score (nSPS) is 11.5. The molecule has 0 bridgehead atoms. The third kappa shape index (κ3) is 3.28. The first-order valence-corrected chi connectivity index (χ1v) is 7.20. The number of rotatable bonds is 3. The highest BCUT2D eigenvalue weighted by molar-refractivity contribution is 6.30. The third-order valence-electron chi connectivity index (χ3n) is 3.08. The molecule has 24 heavy (non-hydrogen) atoms. The van der Waals surface area contributed by atoms with Gasteiger partial charge < -0.3 is 20.2 Å². The minimum atomic E-state index is -0.221. The number of fused-ring (bicyclic) bond motifs is 1. The summed E-state index contributed by atoms with van der Waals surface area (Å²) in [4.78, 5) is 15.3. The van der Waals surface area contributed by atoms with E-state index in [1.165, 1.54) is 7.11 Å². The van der Waals surface area contributed by atoms with Gasteiger partial charge in [-0.1, -0.05) is 11.6 Å². The van der Waals surface area contributed by atoms with E-state index in [1.807, 2.05) is 0 Å². The number of amidine groups is 1. The number of nitrogens with zero attached hydrogens (tertiary/aromatic N) is 3. The summed E-state index contributed by atoms with van der Waals surface area (Å²) in [5.74, 6) is 0.444. The van der Waals surface area contributed by atoms with Crippen molar-refractivity contribution in [3.8, 4) is 5.88 Å². The molecule has 3 aromatic rings. The molecule has 4 N–H and O–H groups in total. The minimum absolute atomic E-state index is 0.150. The van der Waals surface area contributed by atoms with Crippen LogP contribution in [0.2, 0.25) is 5.02 Å². The van der Waals surface area contributed by atoms with Gasteiger partial charge in [0.1, 0.15) is 0 Å². The number of aromatic nitrogens is 3. The van der Waals surface area contributed by atoms with Crippen LogP contribution in [-0.2, 0) is 4.74 Å². The molecule has 0 saturated heterocycles. The van der Waals surface area contributed by atoms with Crippen LogP contribution in [-0.4, -0.2) is 34.0 Å². The molecule has 0 atom stereocenters. The van der Waals surface area contributed by atoms with E-state index in [9.17, 15) is 0 Å². The average Bonchev–Trinajstić information content (AvgIpc) is 2.97. The van der Waals surface area contributed by atoms with Crippen molar-refractivity contribution in [2.75, 3.05) is 7.11 Å². The van der Waals surface area contributed by atoms with E-state index in [2.05, 4.69) is 19.9 Å². The van der Waals surface area contributed by atoms with Gasteiger partial charge in [-0.2, -0.15) is 4.99 Å². The van der Waals surface area contributed by atoms with Crippen LogP contribution in [0.15, 0.2) is 41.5 Å². The second kappa shape index (κ2) is 6.55. The molecular formula is C15H13ClN6O2. The molecule has 0 aliphatic rings. The van der Waals surface area contributed by atoms with Crippen molar-refractivity contribution in [1.82, 2.24) is 15.0 Å². The first kappa shape index (κ1) is 15.8. The maximum atomic E-state index is 7.88. The lowest BCUT2D eigenvalue weighted by molar-refractivity contribution is 0.402. The summed E-state index contributed by atoms with van der Waals surface area (Å²) in [5.41, 5.74) is 7.46. The first-order chi connectivity index (χ1) is 11.6. The second-order valence-electron chi connectivity index (χ2n) is 4.66. The maximum Gasteiger partial charge on any atom is 0.296 e. The van der Waals surface area contributed by atoms with Crippen LogP contribution in [0, 0.1) is 5.41 Å². The van der Waals surface area contributed by atoms with Gasteiger partial charge in [-0.25, -0.2) is 9.97 Å². The van der Waals surface area contributed by atoms with Gasteiger partial charge in [-0.15, -0.1) is 0 Å². The van der Waals surface area contributed by atoms with Crippen molar-refractivity contribution in [2.45, 2.75) is 0 Å². The highest BCUT2D eigenvalue weighted by atomic mass is 35.5. The number of benzene rings is 1. The van der Waals surface area contributed by atoms with Crippen molar-refractivity contribution in [3.63, 3.8) is 0 Å². The Morgan fingerprint density at radius 1 is 1.29 bits per heavy atom. The maximum absolute atomic E-state index is 7.88. The molecule has 0 radical (unpaired) electrons. The molecule has 3 rings (SSSR count). The molecule has 2 heterocycles. The van der Waals surface area contributed by atoms with E-state index in [0.29, 0.717) is 27.5 Å². The molecule has 0 spiro atoms. The number of H-pyrrole nitrogens is 1. The molecule has 0 fully saturated rings. The van der Waals surface area contributed by atoms with Crippen LogP contribution in [0.25, 0.3) is 11.0 Å². The largest absolute Gasteiger partial charge is 0.479 e. The number of aromatic amines is 1. The van der Waals surface area contributed by atoms with E-state index in [4.69, 9.17) is 32.2 Å². The summed E-state index contributed by atoms with van der Waals surface area (Å²) in [6.45, 7) is 0. The Bertz CT molecular complexity index is 919. The number of nitrogens with two attached hydrogens (primary N) is 1. The smallest absolute Gasteiger partial charge is 0.296 e. The van der Waals surface area contributed by atoms with Crippen LogP contribution >= 0.6 is 11.6 Å². The Kier molecular flexibility index (Phi) is 4.30. The number of nitrogens with one attached hydrogen (secondary N) is 2. The first-order valence-electron chi connectivity index (χ1n) is 6.82. The zero-order chi connectivity index (χ0) is 17.1. The fourth-order valence-corrected chi connectivity index (χ4v) is 2.12. The minimum Gasteiger partial charge on any atom is -0.479 e. The Morgan fingerprint density at radius 2 is 2.04 bits per heavy atom. The van der Waals surface area contributed by atoms with Crippen molar-refractivity contribution in [1.29, 1.82) is 5.41 Å². The van der Waals surface area contributed by atoms with E-state index in [1.54, 1.807) is 36.5 Å². The lowest BCUT2D eigenvalue weighted by Gasteiger charge is -2.05. The third-order valence-corrected chi connectivity index (χ3v) is 3.33. The van der Waals surface area contributed by atoms with Gasteiger partial charge >= 0.3 is 0 Å². The molecule has 122 valence electrons. The van der Waals surface area contributed by atoms with Crippen LogP contribution < -0.4 is 10.5 Å². The van der Waals surface area contributed by atoms with Crippen LogP contribution in [0.5, 0.6) is 5.88 Å². The summed E-state index contributed by atoms with van der Waals surface area (Å²) in [6, 6.07) is 8.12. The number of hydrogen-bond donors (Lipinski definition) is 3. The lowest BCUT2D eigenvalue weighted by atomic mass is 10.2. The van der Waals surface area contributed by atoms with E-state index in [-0.39, 0.29) is 17.9 Å². The highest BCUT2D eigenvalue weighted by Crippen LogP contribution is 2.23. The van der Waals surface area contributed by atoms with Crippen LogP contribution in [0.4, 0.5) is 5.95 Å². The molecule has 9 heteroatoms. The van der Waals surface area contributed by atoms with Gasteiger partial charge in [0.05, 0.1) is 12.6 Å². The fourth-order valence-electron chi connectivity index (χ4n) is 1.99. The van der Waals surface area contributed by atoms with Crippen LogP contribution in [0.1, 0.15) is 5.56 Å². The zero-order valence-corrected chi connectivity index (χ0v) is 13.3. The molecule has 0 unspecified atom stereocenters. The molecule has 0 saturated carbocycles. The molecule has 0 amide bonds. The molecular weight excluding hydrogens is 332 g/mol. The van der Waals surface area contributed by atoms with Crippen molar-refractivity contribution in [3.05, 3.63) is 47.1 Å². The summed E-state index contributed by atoms with van der Waals surface area (Å²) in [7, 11) is 1.50. The standard InChI is InChI=1S/C15H13ClN6O2/c1-23-13-11-10(6-7-19-13)20-15(21-11)22-14(18)24-12(17)8-2-4-9(16)5-3-8/h2-7,17H,1H3,(H3,18,20,21,22). The molecule has 0 aliphatic heterocycles. The molecule has 1 aromatic carbocycles. The highest BCUT2D eigenvalue weighted by Gasteiger charge is 2.10. The van der Waals surface area contributed by atoms with Gasteiger partial charge in [0.2, 0.25) is 17.7 Å². The summed E-state index contributed by atoms with van der Waals surface area (Å²) in [5, 5.41) is 8.45. The Morgan fingerprint density at radius 3 is 2.75 bits per heavy atom. The molecule has 8 nitrogen and oxygen atoms in total.